The van der Waals surface area contributed by atoms with Crippen LogP contribution in [0.4, 0.5) is 0 Å². The maximum atomic E-state index is 11.5. The third-order valence-corrected chi connectivity index (χ3v) is 2.80. The maximum absolute atomic E-state index is 11.5. The fourth-order valence-electron chi connectivity index (χ4n) is 1.98. The first-order valence-electron chi connectivity index (χ1n) is 5.74. The first-order valence-corrected chi connectivity index (χ1v) is 5.74. The number of hydrogen-bond donors (Lipinski definition) is 2. The normalized spacial score (nSPS) is 16.5. The van der Waals surface area contributed by atoms with Gasteiger partial charge in [-0.1, -0.05) is 18.0 Å². The highest BCUT2D eigenvalue weighted by Crippen LogP contribution is 2.17. The maximum Gasteiger partial charge on any atom is 0.234 e. The van der Waals surface area contributed by atoms with Gasteiger partial charge in [-0.05, 0) is 12.8 Å². The van der Waals surface area contributed by atoms with E-state index in [1.807, 2.05) is 0 Å². The molecule has 88 valence electrons. The number of carbonyl (C=O) groups is 1. The Hall–Kier alpha value is -1.36. The van der Waals surface area contributed by atoms with Crippen molar-refractivity contribution in [2.75, 3.05) is 6.54 Å². The van der Waals surface area contributed by atoms with Gasteiger partial charge in [0, 0.05) is 12.1 Å². The molecule has 0 saturated heterocycles. The lowest BCUT2D eigenvalue weighted by atomic mass is 10.2. The average Bonchev–Trinajstić information content (AvgIpc) is 2.90. The molecule has 0 aromatic carbocycles. The number of hydrogen-bond acceptors (Lipinski definition) is 4. The van der Waals surface area contributed by atoms with Crippen molar-refractivity contribution in [3.05, 3.63) is 18.0 Å². The van der Waals surface area contributed by atoms with Crippen LogP contribution in [0.3, 0.4) is 0 Å². The lowest BCUT2D eigenvalue weighted by Crippen LogP contribution is -2.38. The summed E-state index contributed by atoms with van der Waals surface area (Å²) >= 11 is 0. The van der Waals surface area contributed by atoms with Gasteiger partial charge in [0.2, 0.25) is 5.91 Å². The van der Waals surface area contributed by atoms with E-state index in [-0.39, 0.29) is 5.91 Å². The Morgan fingerprint density at radius 3 is 3.00 bits per heavy atom. The number of carbonyl (C=O) groups excluding carboxylic acids is 1. The second kappa shape index (κ2) is 5.65. The van der Waals surface area contributed by atoms with Crippen molar-refractivity contribution < 1.29 is 9.32 Å². The van der Waals surface area contributed by atoms with Crippen LogP contribution < -0.4 is 10.6 Å². The smallest absolute Gasteiger partial charge is 0.234 e. The monoisotopic (exact) mass is 223 g/mol. The van der Waals surface area contributed by atoms with Gasteiger partial charge >= 0.3 is 0 Å². The summed E-state index contributed by atoms with van der Waals surface area (Å²) < 4.78 is 4.90. The molecule has 0 unspecified atom stereocenters. The van der Waals surface area contributed by atoms with Crippen LogP contribution in [0.5, 0.6) is 0 Å². The first-order chi connectivity index (χ1) is 7.84. The van der Waals surface area contributed by atoms with Crippen molar-refractivity contribution in [1.82, 2.24) is 15.8 Å². The predicted molar refractivity (Wildman–Crippen MR) is 58.6 cm³/mol. The summed E-state index contributed by atoms with van der Waals surface area (Å²) in [6.45, 7) is 0.870. The fraction of sp³-hybridized carbons (Fsp3) is 0.636. The van der Waals surface area contributed by atoms with Crippen LogP contribution in [-0.2, 0) is 11.3 Å². The molecule has 0 radical (unpaired) electrons. The van der Waals surface area contributed by atoms with Crippen molar-refractivity contribution in [3.8, 4) is 0 Å². The molecular formula is C11H17N3O2. The molecule has 0 atom stereocenters. The molecular weight excluding hydrogens is 206 g/mol. The Kier molecular flexibility index (Phi) is 3.93. The van der Waals surface area contributed by atoms with Crippen LogP contribution in [0.25, 0.3) is 0 Å². The van der Waals surface area contributed by atoms with Crippen molar-refractivity contribution in [1.29, 1.82) is 0 Å². The van der Waals surface area contributed by atoms with Crippen molar-refractivity contribution in [3.63, 3.8) is 0 Å². The number of nitrogens with one attached hydrogen (secondary N) is 2. The van der Waals surface area contributed by atoms with E-state index in [9.17, 15) is 4.79 Å². The topological polar surface area (TPSA) is 67.2 Å². The molecule has 2 rings (SSSR count). The van der Waals surface area contributed by atoms with E-state index in [0.29, 0.717) is 19.1 Å². The quantitative estimate of drug-likeness (QED) is 0.775. The van der Waals surface area contributed by atoms with E-state index < -0.39 is 0 Å². The molecule has 1 aromatic rings. The highest BCUT2D eigenvalue weighted by molar-refractivity contribution is 5.78. The van der Waals surface area contributed by atoms with Crippen LogP contribution in [0.1, 0.15) is 31.4 Å². The largest absolute Gasteiger partial charge is 0.360 e. The van der Waals surface area contributed by atoms with Gasteiger partial charge in [0.1, 0.15) is 5.76 Å². The molecule has 1 aromatic heterocycles. The molecule has 5 nitrogen and oxygen atoms in total. The molecule has 0 bridgehead atoms. The standard InChI is InChI=1S/C11H17N3O2/c15-11(14-9-3-1-2-4-9)8-12-7-10-5-6-13-16-10/h5-6,9,12H,1-4,7-8H2,(H,14,15). The Balaban J connectivity index is 1.60. The van der Waals surface area contributed by atoms with Crippen LogP contribution in [0.2, 0.25) is 0 Å². The van der Waals surface area contributed by atoms with Crippen molar-refractivity contribution >= 4 is 5.91 Å². The molecule has 1 aliphatic rings. The van der Waals surface area contributed by atoms with Crippen LogP contribution in [-0.4, -0.2) is 23.7 Å². The minimum Gasteiger partial charge on any atom is -0.360 e. The van der Waals surface area contributed by atoms with Crippen LogP contribution in [0.15, 0.2) is 16.8 Å². The van der Waals surface area contributed by atoms with E-state index in [0.717, 1.165) is 18.6 Å². The van der Waals surface area contributed by atoms with E-state index in [2.05, 4.69) is 15.8 Å². The lowest BCUT2D eigenvalue weighted by Gasteiger charge is -2.11. The van der Waals surface area contributed by atoms with Crippen LogP contribution >= 0.6 is 0 Å². The Bertz CT molecular complexity index is 318. The summed E-state index contributed by atoms with van der Waals surface area (Å²) in [5, 5.41) is 9.61. The molecule has 0 spiro atoms. The highest BCUT2D eigenvalue weighted by Gasteiger charge is 2.16. The number of rotatable bonds is 5. The van der Waals surface area contributed by atoms with Gasteiger partial charge in [-0.15, -0.1) is 0 Å². The van der Waals surface area contributed by atoms with E-state index in [1.54, 1.807) is 12.3 Å². The van der Waals surface area contributed by atoms with Gasteiger partial charge in [0.05, 0.1) is 19.3 Å². The molecule has 0 aliphatic heterocycles. The predicted octanol–water partition coefficient (Wildman–Crippen LogP) is 0.823. The zero-order valence-electron chi connectivity index (χ0n) is 9.24. The highest BCUT2D eigenvalue weighted by atomic mass is 16.5. The molecule has 1 fully saturated rings. The fourth-order valence-corrected chi connectivity index (χ4v) is 1.98. The minimum atomic E-state index is 0.0615. The molecule has 1 aliphatic carbocycles. The zero-order chi connectivity index (χ0) is 11.2. The minimum absolute atomic E-state index is 0.0615. The molecule has 1 amide bonds. The Morgan fingerprint density at radius 2 is 2.31 bits per heavy atom. The third kappa shape index (κ3) is 3.34. The third-order valence-electron chi connectivity index (χ3n) is 2.80. The average molecular weight is 223 g/mol. The van der Waals surface area contributed by atoms with Gasteiger partial charge in [-0.25, -0.2) is 0 Å². The van der Waals surface area contributed by atoms with Crippen LogP contribution in [0, 0.1) is 0 Å². The summed E-state index contributed by atoms with van der Waals surface area (Å²) in [4.78, 5) is 11.5. The summed E-state index contributed by atoms with van der Waals surface area (Å²) in [5.74, 6) is 0.806. The Morgan fingerprint density at radius 1 is 1.50 bits per heavy atom. The van der Waals surface area contributed by atoms with E-state index in [4.69, 9.17) is 4.52 Å². The second-order valence-electron chi connectivity index (χ2n) is 4.13. The number of aromatic nitrogens is 1. The second-order valence-corrected chi connectivity index (χ2v) is 4.13. The van der Waals surface area contributed by atoms with Gasteiger partial charge in [0.25, 0.3) is 0 Å². The Labute approximate surface area is 94.6 Å². The molecule has 16 heavy (non-hydrogen) atoms. The van der Waals surface area contributed by atoms with Crippen molar-refractivity contribution in [2.45, 2.75) is 38.3 Å². The molecule has 1 saturated carbocycles. The zero-order valence-corrected chi connectivity index (χ0v) is 9.24. The first kappa shape index (κ1) is 11.1. The SMILES string of the molecule is O=C(CNCc1ccno1)NC1CCCC1. The summed E-state index contributed by atoms with van der Waals surface area (Å²) in [6.07, 6.45) is 6.30. The summed E-state index contributed by atoms with van der Waals surface area (Å²) in [7, 11) is 0. The van der Waals surface area contributed by atoms with Gasteiger partial charge in [-0.2, -0.15) is 0 Å². The number of nitrogens with zero attached hydrogens (tertiary/aromatic N) is 1. The van der Waals surface area contributed by atoms with E-state index >= 15 is 0 Å². The number of amides is 1. The van der Waals surface area contributed by atoms with Crippen molar-refractivity contribution in [2.24, 2.45) is 0 Å². The molecule has 5 heteroatoms. The molecule has 1 heterocycles. The summed E-state index contributed by atoms with van der Waals surface area (Å²) in [6, 6.07) is 2.17. The lowest BCUT2D eigenvalue weighted by molar-refractivity contribution is -0.120. The van der Waals surface area contributed by atoms with Gasteiger partial charge < -0.3 is 15.2 Å². The summed E-state index contributed by atoms with van der Waals surface area (Å²) in [5.41, 5.74) is 0. The molecule has 2 N–H and O–H groups in total. The van der Waals surface area contributed by atoms with E-state index in [1.165, 1.54) is 12.8 Å². The van der Waals surface area contributed by atoms with Gasteiger partial charge in [0.15, 0.2) is 0 Å². The van der Waals surface area contributed by atoms with Gasteiger partial charge in [-0.3, -0.25) is 4.79 Å².